The van der Waals surface area contributed by atoms with Gasteiger partial charge in [-0.2, -0.15) is 5.10 Å². The Bertz CT molecular complexity index is 1770. The molecule has 13 heteroatoms. The van der Waals surface area contributed by atoms with E-state index in [1.54, 1.807) is 36.1 Å². The van der Waals surface area contributed by atoms with Crippen LogP contribution in [0.25, 0.3) is 16.3 Å². The van der Waals surface area contributed by atoms with Crippen molar-refractivity contribution in [2.45, 2.75) is 54.9 Å². The average molecular weight is 1020 g/mol. The molecule has 0 aliphatic heterocycles. The van der Waals surface area contributed by atoms with E-state index in [1.165, 1.54) is 36.6 Å². The van der Waals surface area contributed by atoms with E-state index in [0.717, 1.165) is 67.2 Å². The summed E-state index contributed by atoms with van der Waals surface area (Å²) >= 11 is 8.82. The topological polar surface area (TPSA) is 121 Å². The van der Waals surface area contributed by atoms with Crippen molar-refractivity contribution in [1.29, 1.82) is 0 Å². The molecule has 3 N–H and O–H groups in total. The summed E-state index contributed by atoms with van der Waals surface area (Å²) in [5, 5.41) is 18.8. The molecule has 0 aliphatic carbocycles. The van der Waals surface area contributed by atoms with Gasteiger partial charge in [0.2, 0.25) is 0 Å². The fourth-order valence-corrected chi connectivity index (χ4v) is 6.28. The molecule has 0 saturated heterocycles. The zero-order chi connectivity index (χ0) is 36.2. The molecule has 3 rings (SSSR count). The summed E-state index contributed by atoms with van der Waals surface area (Å²) in [4.78, 5) is 17.4. The van der Waals surface area contributed by atoms with Gasteiger partial charge in [0.15, 0.2) is 0 Å². The van der Waals surface area contributed by atoms with Gasteiger partial charge in [0.05, 0.1) is 11.4 Å². The zero-order valence-electron chi connectivity index (χ0n) is 28.7. The molecule has 3 aromatic rings. The number of Topliss-reactive ketones (excluding diaryl/α,β-unsaturated/α-hetero) is 1. The summed E-state index contributed by atoms with van der Waals surface area (Å²) < 4.78 is 10.2. The number of hydrogen-bond donors (Lipinski definition) is 2. The van der Waals surface area contributed by atoms with E-state index in [2.05, 4.69) is 54.3 Å². The van der Waals surface area contributed by atoms with Crippen LogP contribution in [-0.2, 0) is 62.3 Å². The zero-order valence-corrected chi connectivity index (χ0v) is 36.2. The monoisotopic (exact) mass is 1020 g/mol. The summed E-state index contributed by atoms with van der Waals surface area (Å²) in [6, 6.07) is 0. The maximum atomic E-state index is 11.2. The molecule has 0 aliphatic rings. The minimum Gasteiger partial charge on any atom is -0.388 e. The molecule has 0 bridgehead atoms. The van der Waals surface area contributed by atoms with Crippen molar-refractivity contribution in [3.05, 3.63) is 93.5 Å². The number of hydrogen-bond acceptors (Lipinski definition) is 8. The standard InChI is InChI=1S/C17H21N3OS.C10H12O2.C7H11N3S.2W/c1-7-14(10-21-6)8-11(2)15-9-18-17(22-15)16-12(3)13(4)19-20(16)5;1-4-9(10(12)5-2)6-8(3)7-11;1-4-5(2)9-10(3)6(4)7(8)11;;/h7-9H,1-6H3;4,6,11H,1,3,5H2,2H3;1-3H3,(H2,8,11);;/b11-8+,14-7+;9-6+;;;. The number of allylic oxidation sites excluding steroid dienone is 4. The number of thiocarbonyl (C=S) groups is 1. The van der Waals surface area contributed by atoms with Gasteiger partial charge in [-0.25, -0.2) is 0 Å². The van der Waals surface area contributed by atoms with Gasteiger partial charge in [0.1, 0.15) is 4.99 Å². The predicted molar refractivity (Wildman–Crippen MR) is 191 cm³/mol. The van der Waals surface area contributed by atoms with Crippen LogP contribution in [0.5, 0.6) is 0 Å². The number of ether oxygens (including phenoxy) is 1. The first-order chi connectivity index (χ1) is 21.9. The van der Waals surface area contributed by atoms with Crippen molar-refractivity contribution < 1.29 is 53.3 Å². The Hall–Kier alpha value is -2.65. The molecule has 0 unspecified atom stereocenters. The summed E-state index contributed by atoms with van der Waals surface area (Å²) in [6.07, 6.45) is 9.64. The number of aryl methyl sites for hydroxylation is 4. The van der Waals surface area contributed by atoms with Gasteiger partial charge in [-0.1, -0.05) is 12.2 Å². The van der Waals surface area contributed by atoms with Crippen molar-refractivity contribution in [2.75, 3.05) is 7.11 Å². The summed E-state index contributed by atoms with van der Waals surface area (Å²) in [6.45, 7) is 21.1. The SMILES string of the molecule is C/C=C(\C=C(/C)c1cnc(-c2c(C)c(C)nn2C)s1)[C](=[W])OC.C=C/C(=C\C(=C)[C](O)=[W])C(=O)CC.Cc1nn(C)c(C(N)=S)c1C. The molecule has 0 fully saturated rings. The number of rotatable bonds is 11. The molecule has 252 valence electrons. The van der Waals surface area contributed by atoms with Gasteiger partial charge in [0, 0.05) is 12.6 Å². The van der Waals surface area contributed by atoms with E-state index in [4.69, 9.17) is 27.8 Å². The summed E-state index contributed by atoms with van der Waals surface area (Å²) in [5.74, 6) is 0.00685. The van der Waals surface area contributed by atoms with E-state index < -0.39 is 0 Å². The largest absolute Gasteiger partial charge is 0.388 e. The second kappa shape index (κ2) is 20.0. The maximum absolute atomic E-state index is 11.2. The molecule has 3 aromatic heterocycles. The van der Waals surface area contributed by atoms with Crippen LogP contribution in [-0.4, -0.2) is 55.7 Å². The second-order valence-corrected chi connectivity index (χ2v) is 14.4. The van der Waals surface area contributed by atoms with Crippen LogP contribution in [0, 0.1) is 27.7 Å². The average Bonchev–Trinajstić information content (AvgIpc) is 3.68. The first-order valence-electron chi connectivity index (χ1n) is 14.4. The Kier molecular flexibility index (Phi) is 18.0. The van der Waals surface area contributed by atoms with Crippen LogP contribution < -0.4 is 5.73 Å². The molecule has 0 aromatic carbocycles. The summed E-state index contributed by atoms with van der Waals surface area (Å²) in [7, 11) is 5.53. The molecular weight excluding hydrogens is 972 g/mol. The Morgan fingerprint density at radius 1 is 1.11 bits per heavy atom. The van der Waals surface area contributed by atoms with E-state index in [0.29, 0.717) is 22.6 Å². The van der Waals surface area contributed by atoms with Gasteiger partial charge in [-0.05, 0) is 13.8 Å². The first-order valence-corrected chi connectivity index (χ1v) is 18.6. The third kappa shape index (κ3) is 12.1. The molecule has 0 saturated carbocycles. The smallest absolute Gasteiger partial charge is 0.122 e. The molecule has 9 nitrogen and oxygen atoms in total. The minimum absolute atomic E-state index is 0.00685. The summed E-state index contributed by atoms with van der Waals surface area (Å²) in [5.41, 5.74) is 15.0. The van der Waals surface area contributed by atoms with Crippen molar-refractivity contribution in [3.63, 3.8) is 0 Å². The van der Waals surface area contributed by atoms with Crippen LogP contribution >= 0.6 is 23.6 Å². The van der Waals surface area contributed by atoms with Gasteiger partial charge in [-0.3, -0.25) is 4.68 Å². The number of methoxy groups -OCH3 is 1. The predicted octanol–water partition coefficient (Wildman–Crippen LogP) is 6.19. The quantitative estimate of drug-likeness (QED) is 0.133. The van der Waals surface area contributed by atoms with E-state index >= 15 is 0 Å². The van der Waals surface area contributed by atoms with Crippen LogP contribution in [0.2, 0.25) is 0 Å². The van der Waals surface area contributed by atoms with Crippen LogP contribution in [0.3, 0.4) is 0 Å². The molecule has 3 heterocycles. The number of aliphatic hydroxyl groups is 1. The van der Waals surface area contributed by atoms with Gasteiger partial charge < -0.3 is 5.73 Å². The van der Waals surface area contributed by atoms with E-state index in [-0.39, 0.29) is 9.87 Å². The molecular formula is C34H44N6O3S2W2. The number of nitrogens with two attached hydrogens (primary N) is 1. The number of aliphatic hydroxyl groups excluding tert-OH is 1. The molecule has 0 amide bonds. The minimum atomic E-state index is 0.00685. The third-order valence-electron chi connectivity index (χ3n) is 6.94. The van der Waals surface area contributed by atoms with Crippen LogP contribution in [0.4, 0.5) is 0 Å². The molecule has 47 heavy (non-hydrogen) atoms. The van der Waals surface area contributed by atoms with Crippen LogP contribution in [0.15, 0.2) is 60.4 Å². The number of thiazole rings is 1. The van der Waals surface area contributed by atoms with E-state index in [1.807, 2.05) is 52.7 Å². The number of nitrogens with zero attached hydrogens (tertiary/aromatic N) is 5. The Morgan fingerprint density at radius 3 is 2.06 bits per heavy atom. The van der Waals surface area contributed by atoms with Crippen LogP contribution in [0.1, 0.15) is 60.3 Å². The third-order valence-corrected chi connectivity index (χ3v) is 10.7. The van der Waals surface area contributed by atoms with Crippen molar-refractivity contribution in [2.24, 2.45) is 19.8 Å². The second-order valence-electron chi connectivity index (χ2n) is 10.2. The first kappa shape index (κ1) is 42.4. The van der Waals surface area contributed by atoms with Crippen molar-refractivity contribution in [1.82, 2.24) is 24.5 Å². The molecule has 0 radical (unpaired) electrons. The number of ketones is 1. The Balaban J connectivity index is 0.000000390. The Labute approximate surface area is 309 Å². The number of carbonyl (C=O) groups excluding carboxylic acids is 1. The molecule has 0 spiro atoms. The fraction of sp³-hybridized carbons (Fsp3) is 0.324. The fourth-order valence-electron chi connectivity index (χ4n) is 4.13. The van der Waals surface area contributed by atoms with E-state index in [9.17, 15) is 4.79 Å². The number of carbonyl (C=O) groups is 1. The maximum Gasteiger partial charge on any atom is 0.122 e. The van der Waals surface area contributed by atoms with Gasteiger partial charge in [0.25, 0.3) is 0 Å². The normalized spacial score (nSPS) is 11.6. The number of aromatic nitrogens is 5. The van der Waals surface area contributed by atoms with Crippen molar-refractivity contribution in [3.8, 4) is 10.7 Å². The van der Waals surface area contributed by atoms with Gasteiger partial charge >= 0.3 is 241 Å². The Morgan fingerprint density at radius 2 is 1.68 bits per heavy atom. The molecule has 0 atom stereocenters. The van der Waals surface area contributed by atoms with Gasteiger partial charge in [-0.15, -0.1) is 0 Å². The van der Waals surface area contributed by atoms with Crippen molar-refractivity contribution >= 4 is 48.1 Å².